The molecule has 4 rings (SSSR count). The molecule has 1 aliphatic carbocycles. The Bertz CT molecular complexity index is 778. The van der Waals surface area contributed by atoms with E-state index in [4.69, 9.17) is 0 Å². The molecule has 3 heteroatoms. The molecule has 0 saturated carbocycles. The topological polar surface area (TPSA) is 38.0 Å². The van der Waals surface area contributed by atoms with Crippen LogP contribution in [-0.4, -0.2) is 21.3 Å². The summed E-state index contributed by atoms with van der Waals surface area (Å²) in [5.41, 5.74) is 6.50. The summed E-state index contributed by atoms with van der Waals surface area (Å²) in [6.07, 6.45) is 6.36. The Labute approximate surface area is 123 Å². The summed E-state index contributed by atoms with van der Waals surface area (Å²) in [5, 5.41) is 9.72. The smallest absolute Gasteiger partial charge is 0.0952 e. The van der Waals surface area contributed by atoms with Gasteiger partial charge in [-0.3, -0.25) is 0 Å². The van der Waals surface area contributed by atoms with Crippen LogP contribution < -0.4 is 0 Å². The number of nitrogens with zero attached hydrogens (tertiary/aromatic N) is 2. The number of aliphatic hydroxyl groups is 1. The number of fused-ring (bicyclic) bond motifs is 3. The van der Waals surface area contributed by atoms with Gasteiger partial charge < -0.3 is 9.67 Å². The molecular weight excluding hydrogens is 260 g/mol. The molecule has 3 nitrogen and oxygen atoms in total. The Hall–Kier alpha value is -2.39. The second-order valence-electron chi connectivity index (χ2n) is 5.46. The van der Waals surface area contributed by atoms with Crippen LogP contribution in [0.4, 0.5) is 0 Å². The minimum Gasteiger partial charge on any atom is -0.394 e. The van der Waals surface area contributed by atoms with Crippen molar-refractivity contribution in [2.24, 2.45) is 0 Å². The molecule has 0 spiro atoms. The molecule has 1 N–H and O–H groups in total. The number of aliphatic hydroxyl groups excluding tert-OH is 1. The van der Waals surface area contributed by atoms with Gasteiger partial charge in [0, 0.05) is 12.4 Å². The predicted octanol–water partition coefficient (Wildman–Crippen LogP) is 3.04. The van der Waals surface area contributed by atoms with Gasteiger partial charge in [-0.25, -0.2) is 4.98 Å². The first kappa shape index (κ1) is 12.4. The highest BCUT2D eigenvalue weighted by Gasteiger charge is 2.20. The van der Waals surface area contributed by atoms with Gasteiger partial charge in [-0.05, 0) is 34.2 Å². The molecule has 1 heterocycles. The maximum atomic E-state index is 9.72. The van der Waals surface area contributed by atoms with E-state index in [1.807, 2.05) is 10.8 Å². The molecule has 1 atom stereocenters. The lowest BCUT2D eigenvalue weighted by Gasteiger charge is -2.17. The summed E-state index contributed by atoms with van der Waals surface area (Å²) in [5.74, 6) is 0. The monoisotopic (exact) mass is 276 g/mol. The molecule has 0 saturated heterocycles. The van der Waals surface area contributed by atoms with Crippen LogP contribution in [0.1, 0.15) is 22.7 Å². The van der Waals surface area contributed by atoms with Gasteiger partial charge in [0.2, 0.25) is 0 Å². The summed E-state index contributed by atoms with van der Waals surface area (Å²) >= 11 is 0. The van der Waals surface area contributed by atoms with Gasteiger partial charge in [-0.1, -0.05) is 42.5 Å². The number of rotatable bonds is 3. The van der Waals surface area contributed by atoms with Gasteiger partial charge in [0.15, 0.2) is 0 Å². The van der Waals surface area contributed by atoms with E-state index in [2.05, 4.69) is 47.4 Å². The van der Waals surface area contributed by atoms with Gasteiger partial charge in [0.1, 0.15) is 0 Å². The second kappa shape index (κ2) is 4.86. The van der Waals surface area contributed by atoms with Crippen molar-refractivity contribution in [2.45, 2.75) is 12.5 Å². The van der Waals surface area contributed by atoms with E-state index in [1.165, 1.54) is 22.3 Å². The van der Waals surface area contributed by atoms with Crippen LogP contribution >= 0.6 is 0 Å². The fourth-order valence-corrected chi connectivity index (χ4v) is 3.20. The summed E-state index contributed by atoms with van der Waals surface area (Å²) < 4.78 is 1.95. The van der Waals surface area contributed by atoms with Gasteiger partial charge >= 0.3 is 0 Å². The van der Waals surface area contributed by atoms with Crippen LogP contribution in [0, 0.1) is 0 Å². The summed E-state index contributed by atoms with van der Waals surface area (Å²) in [6.45, 7) is 0.0715. The molecular formula is C18H16N2O. The van der Waals surface area contributed by atoms with Crippen LogP contribution in [0.15, 0.2) is 61.2 Å². The highest BCUT2D eigenvalue weighted by molar-refractivity contribution is 5.77. The van der Waals surface area contributed by atoms with Crippen molar-refractivity contribution >= 4 is 0 Å². The van der Waals surface area contributed by atoms with Gasteiger partial charge in [-0.15, -0.1) is 0 Å². The Kier molecular flexibility index (Phi) is 2.86. The minimum absolute atomic E-state index is 0.0680. The van der Waals surface area contributed by atoms with E-state index in [9.17, 15) is 5.11 Å². The fraction of sp³-hybridized carbons (Fsp3) is 0.167. The van der Waals surface area contributed by atoms with E-state index >= 15 is 0 Å². The average molecular weight is 276 g/mol. The van der Waals surface area contributed by atoms with Gasteiger partial charge in [-0.2, -0.15) is 0 Å². The molecule has 0 bridgehead atoms. The first-order valence-corrected chi connectivity index (χ1v) is 7.16. The Morgan fingerprint density at radius 2 is 1.95 bits per heavy atom. The zero-order valence-corrected chi connectivity index (χ0v) is 11.6. The van der Waals surface area contributed by atoms with E-state index in [1.54, 1.807) is 12.5 Å². The Morgan fingerprint density at radius 3 is 2.76 bits per heavy atom. The maximum absolute atomic E-state index is 9.72. The zero-order chi connectivity index (χ0) is 14.2. The van der Waals surface area contributed by atoms with Gasteiger partial charge in [0.05, 0.1) is 19.0 Å². The molecule has 0 aliphatic heterocycles. The molecule has 0 radical (unpaired) electrons. The number of imidazole rings is 1. The van der Waals surface area contributed by atoms with Crippen LogP contribution in [-0.2, 0) is 6.42 Å². The molecule has 3 aromatic rings. The number of hydrogen-bond acceptors (Lipinski definition) is 2. The van der Waals surface area contributed by atoms with Crippen molar-refractivity contribution in [2.75, 3.05) is 6.61 Å². The Balaban J connectivity index is 1.76. The molecule has 21 heavy (non-hydrogen) atoms. The van der Waals surface area contributed by atoms with E-state index in [0.29, 0.717) is 0 Å². The summed E-state index contributed by atoms with van der Waals surface area (Å²) in [7, 11) is 0. The minimum atomic E-state index is -0.0680. The maximum Gasteiger partial charge on any atom is 0.0952 e. The van der Waals surface area contributed by atoms with Crippen LogP contribution in [0.3, 0.4) is 0 Å². The average Bonchev–Trinajstić information content (AvgIpc) is 3.15. The molecule has 0 fully saturated rings. The normalized spacial score (nSPS) is 13.8. The first-order valence-electron chi connectivity index (χ1n) is 7.16. The van der Waals surface area contributed by atoms with E-state index in [-0.39, 0.29) is 12.6 Å². The van der Waals surface area contributed by atoms with Crippen molar-refractivity contribution in [3.05, 3.63) is 77.9 Å². The third-order valence-corrected chi connectivity index (χ3v) is 4.26. The van der Waals surface area contributed by atoms with Gasteiger partial charge in [0.25, 0.3) is 0 Å². The van der Waals surface area contributed by atoms with Crippen molar-refractivity contribution in [3.8, 4) is 11.1 Å². The predicted molar refractivity (Wildman–Crippen MR) is 82.1 cm³/mol. The van der Waals surface area contributed by atoms with Crippen LogP contribution in [0.2, 0.25) is 0 Å². The standard InChI is InChI=1S/C18H16N2O/c21-11-18(20-8-7-19-12-20)14-5-6-17-15(10-14)9-13-3-1-2-4-16(13)17/h1-8,10,12,18,21H,9,11H2. The summed E-state index contributed by atoms with van der Waals surface area (Å²) in [4.78, 5) is 4.07. The molecule has 2 aromatic carbocycles. The van der Waals surface area contributed by atoms with Crippen molar-refractivity contribution in [3.63, 3.8) is 0 Å². The lowest BCUT2D eigenvalue weighted by molar-refractivity contribution is 0.249. The van der Waals surface area contributed by atoms with Crippen molar-refractivity contribution < 1.29 is 5.11 Å². The zero-order valence-electron chi connectivity index (χ0n) is 11.6. The summed E-state index contributed by atoms with van der Waals surface area (Å²) in [6, 6.07) is 15.0. The second-order valence-corrected chi connectivity index (χ2v) is 5.46. The lowest BCUT2D eigenvalue weighted by atomic mass is 10.00. The number of benzene rings is 2. The SMILES string of the molecule is OCC(c1ccc2c(c1)Cc1ccccc1-2)n1ccnc1. The molecule has 1 unspecified atom stereocenters. The van der Waals surface area contributed by atoms with Crippen LogP contribution in [0.5, 0.6) is 0 Å². The van der Waals surface area contributed by atoms with Crippen molar-refractivity contribution in [1.82, 2.24) is 9.55 Å². The van der Waals surface area contributed by atoms with E-state index < -0.39 is 0 Å². The first-order chi connectivity index (χ1) is 10.4. The van der Waals surface area contributed by atoms with E-state index in [0.717, 1.165) is 12.0 Å². The number of aromatic nitrogens is 2. The fourth-order valence-electron chi connectivity index (χ4n) is 3.20. The third kappa shape index (κ3) is 1.98. The molecule has 0 amide bonds. The largest absolute Gasteiger partial charge is 0.394 e. The molecule has 1 aliphatic rings. The van der Waals surface area contributed by atoms with Crippen molar-refractivity contribution in [1.29, 1.82) is 0 Å². The molecule has 104 valence electrons. The molecule has 1 aromatic heterocycles. The lowest BCUT2D eigenvalue weighted by Crippen LogP contribution is -2.13. The van der Waals surface area contributed by atoms with Crippen LogP contribution in [0.25, 0.3) is 11.1 Å². The highest BCUT2D eigenvalue weighted by Crippen LogP contribution is 2.37. The number of hydrogen-bond donors (Lipinski definition) is 1. The Morgan fingerprint density at radius 1 is 1.10 bits per heavy atom. The quantitative estimate of drug-likeness (QED) is 0.624. The third-order valence-electron chi connectivity index (χ3n) is 4.26. The highest BCUT2D eigenvalue weighted by atomic mass is 16.3.